The molecule has 0 bridgehead atoms. The summed E-state index contributed by atoms with van der Waals surface area (Å²) in [5.41, 5.74) is 0. The van der Waals surface area contributed by atoms with Crippen LogP contribution in [0.3, 0.4) is 0 Å². The SMILES string of the molecule is C=COCCCC.CCCC(=O)N1CC(OC(=O)CCNC)CC1C. The molecule has 2 atom stereocenters. The highest BCUT2D eigenvalue weighted by molar-refractivity contribution is 5.77. The average Bonchev–Trinajstić information content (AvgIpc) is 2.94. The molecule has 1 saturated heterocycles. The number of carbonyl (C=O) groups excluding carboxylic acids is 2. The Morgan fingerprint density at radius 3 is 2.56 bits per heavy atom. The lowest BCUT2D eigenvalue weighted by molar-refractivity contribution is -0.149. The average molecular weight is 357 g/mol. The quantitative estimate of drug-likeness (QED) is 0.370. The molecule has 0 spiro atoms. The van der Waals surface area contributed by atoms with Crippen LogP contribution in [0.5, 0.6) is 0 Å². The van der Waals surface area contributed by atoms with E-state index in [1.807, 2.05) is 18.7 Å². The highest BCUT2D eigenvalue weighted by Gasteiger charge is 2.33. The summed E-state index contributed by atoms with van der Waals surface area (Å²) >= 11 is 0. The van der Waals surface area contributed by atoms with Gasteiger partial charge in [-0.1, -0.05) is 26.8 Å². The molecule has 1 fully saturated rings. The lowest BCUT2D eigenvalue weighted by Gasteiger charge is -2.20. The molecular formula is C19H36N2O4. The summed E-state index contributed by atoms with van der Waals surface area (Å²) < 4.78 is 10.2. The number of hydrogen-bond acceptors (Lipinski definition) is 5. The van der Waals surface area contributed by atoms with Crippen molar-refractivity contribution < 1.29 is 19.1 Å². The number of nitrogens with one attached hydrogen (secondary N) is 1. The van der Waals surface area contributed by atoms with Gasteiger partial charge in [0.1, 0.15) is 6.10 Å². The second-order valence-corrected chi connectivity index (χ2v) is 6.24. The van der Waals surface area contributed by atoms with Gasteiger partial charge in [-0.3, -0.25) is 9.59 Å². The van der Waals surface area contributed by atoms with Gasteiger partial charge in [0.2, 0.25) is 5.91 Å². The van der Waals surface area contributed by atoms with Crippen molar-refractivity contribution in [2.75, 3.05) is 26.7 Å². The van der Waals surface area contributed by atoms with Gasteiger partial charge in [-0.2, -0.15) is 0 Å². The van der Waals surface area contributed by atoms with E-state index in [2.05, 4.69) is 18.8 Å². The Hall–Kier alpha value is -1.56. The molecule has 0 radical (unpaired) electrons. The number of esters is 1. The second kappa shape index (κ2) is 14.8. The van der Waals surface area contributed by atoms with Crippen LogP contribution < -0.4 is 5.32 Å². The fourth-order valence-electron chi connectivity index (χ4n) is 2.55. The minimum absolute atomic E-state index is 0.134. The van der Waals surface area contributed by atoms with E-state index in [4.69, 9.17) is 9.47 Å². The van der Waals surface area contributed by atoms with Crippen LogP contribution >= 0.6 is 0 Å². The molecule has 2 unspecified atom stereocenters. The van der Waals surface area contributed by atoms with Crippen molar-refractivity contribution in [3.05, 3.63) is 12.8 Å². The summed E-state index contributed by atoms with van der Waals surface area (Å²) in [4.78, 5) is 25.2. The number of likely N-dealkylation sites (tertiary alicyclic amines) is 1. The number of rotatable bonds is 10. The van der Waals surface area contributed by atoms with Gasteiger partial charge in [-0.05, 0) is 26.8 Å². The van der Waals surface area contributed by atoms with Gasteiger partial charge in [-0.25, -0.2) is 0 Å². The van der Waals surface area contributed by atoms with Crippen molar-refractivity contribution in [2.24, 2.45) is 0 Å². The Morgan fingerprint density at radius 2 is 2.00 bits per heavy atom. The molecule has 6 heteroatoms. The number of ether oxygens (including phenoxy) is 2. The van der Waals surface area contributed by atoms with Crippen LogP contribution in [0.2, 0.25) is 0 Å². The first-order chi connectivity index (χ1) is 12.0. The molecule has 0 aromatic carbocycles. The zero-order valence-electron chi connectivity index (χ0n) is 16.4. The van der Waals surface area contributed by atoms with E-state index in [0.717, 1.165) is 25.9 Å². The van der Waals surface area contributed by atoms with Crippen molar-refractivity contribution >= 4 is 11.9 Å². The maximum absolute atomic E-state index is 11.8. The van der Waals surface area contributed by atoms with E-state index in [-0.39, 0.29) is 24.0 Å². The van der Waals surface area contributed by atoms with Crippen LogP contribution in [0.15, 0.2) is 12.8 Å². The first-order valence-corrected chi connectivity index (χ1v) is 9.36. The third-order valence-corrected chi connectivity index (χ3v) is 3.93. The molecule has 1 aliphatic heterocycles. The minimum atomic E-state index is -0.189. The summed E-state index contributed by atoms with van der Waals surface area (Å²) in [6.45, 7) is 11.5. The smallest absolute Gasteiger partial charge is 0.307 e. The topological polar surface area (TPSA) is 67.9 Å². The van der Waals surface area contributed by atoms with E-state index < -0.39 is 0 Å². The third-order valence-electron chi connectivity index (χ3n) is 3.93. The highest BCUT2D eigenvalue weighted by atomic mass is 16.5. The molecule has 6 nitrogen and oxygen atoms in total. The van der Waals surface area contributed by atoms with Gasteiger partial charge in [0.25, 0.3) is 0 Å². The predicted molar refractivity (Wildman–Crippen MR) is 100 cm³/mol. The van der Waals surface area contributed by atoms with E-state index in [9.17, 15) is 9.59 Å². The molecule has 1 heterocycles. The molecule has 146 valence electrons. The van der Waals surface area contributed by atoms with Crippen LogP contribution in [0.25, 0.3) is 0 Å². The molecule has 1 amide bonds. The maximum atomic E-state index is 11.8. The van der Waals surface area contributed by atoms with E-state index in [0.29, 0.717) is 25.9 Å². The number of carbonyl (C=O) groups is 2. The Balaban J connectivity index is 0.000000697. The van der Waals surface area contributed by atoms with Crippen molar-refractivity contribution in [1.82, 2.24) is 10.2 Å². The molecule has 0 aliphatic carbocycles. The van der Waals surface area contributed by atoms with Gasteiger partial charge in [0.05, 0.1) is 25.8 Å². The Morgan fingerprint density at radius 1 is 1.28 bits per heavy atom. The molecular weight excluding hydrogens is 320 g/mol. The number of nitrogens with zero attached hydrogens (tertiary/aromatic N) is 1. The Labute approximate surface area is 152 Å². The van der Waals surface area contributed by atoms with Crippen LogP contribution in [0.1, 0.15) is 59.3 Å². The Bertz CT molecular complexity index is 388. The monoisotopic (exact) mass is 356 g/mol. The number of hydrogen-bond donors (Lipinski definition) is 1. The molecule has 1 rings (SSSR count). The Kier molecular flexibility index (Phi) is 13.8. The van der Waals surface area contributed by atoms with Gasteiger partial charge in [0.15, 0.2) is 0 Å². The van der Waals surface area contributed by atoms with Crippen molar-refractivity contribution in [3.8, 4) is 0 Å². The number of unbranched alkanes of at least 4 members (excludes halogenated alkanes) is 1. The van der Waals surface area contributed by atoms with Crippen molar-refractivity contribution in [2.45, 2.75) is 71.4 Å². The zero-order chi connectivity index (χ0) is 19.1. The van der Waals surface area contributed by atoms with Gasteiger partial charge in [-0.15, -0.1) is 0 Å². The minimum Gasteiger partial charge on any atom is -0.502 e. The molecule has 0 saturated carbocycles. The fourth-order valence-corrected chi connectivity index (χ4v) is 2.55. The van der Waals surface area contributed by atoms with Crippen LogP contribution in [-0.4, -0.2) is 55.7 Å². The van der Waals surface area contributed by atoms with Gasteiger partial charge >= 0.3 is 5.97 Å². The van der Waals surface area contributed by atoms with Gasteiger partial charge < -0.3 is 19.7 Å². The zero-order valence-corrected chi connectivity index (χ0v) is 16.4. The summed E-state index contributed by atoms with van der Waals surface area (Å²) in [5, 5.41) is 2.91. The lowest BCUT2D eigenvalue weighted by Crippen LogP contribution is -2.34. The third kappa shape index (κ3) is 10.8. The largest absolute Gasteiger partial charge is 0.502 e. The van der Waals surface area contributed by atoms with Crippen LogP contribution in [0, 0.1) is 0 Å². The molecule has 25 heavy (non-hydrogen) atoms. The first kappa shape index (κ1) is 23.4. The summed E-state index contributed by atoms with van der Waals surface area (Å²) in [6, 6.07) is 0.172. The van der Waals surface area contributed by atoms with Gasteiger partial charge in [0, 0.05) is 25.4 Å². The normalized spacial score (nSPS) is 19.0. The van der Waals surface area contributed by atoms with Crippen molar-refractivity contribution in [1.29, 1.82) is 0 Å². The van der Waals surface area contributed by atoms with E-state index in [1.165, 1.54) is 12.7 Å². The first-order valence-electron chi connectivity index (χ1n) is 9.36. The standard InChI is InChI=1S/C13H24N2O3.C6H12O/c1-4-5-12(16)15-9-11(8-10(15)2)18-13(17)6-7-14-3;1-3-5-6-7-4-2/h10-11,14H,4-9H2,1-3H3;4H,2-3,5-6H2,1H3. The molecule has 1 aliphatic rings. The second-order valence-electron chi connectivity index (χ2n) is 6.24. The summed E-state index contributed by atoms with van der Waals surface area (Å²) in [7, 11) is 1.80. The predicted octanol–water partition coefficient (Wildman–Crippen LogP) is 2.88. The van der Waals surface area contributed by atoms with Crippen LogP contribution in [0.4, 0.5) is 0 Å². The maximum Gasteiger partial charge on any atom is 0.307 e. The molecule has 0 aromatic rings. The molecule has 0 aromatic heterocycles. The van der Waals surface area contributed by atoms with Crippen molar-refractivity contribution in [3.63, 3.8) is 0 Å². The number of amides is 1. The summed E-state index contributed by atoms with van der Waals surface area (Å²) in [6.07, 6.45) is 6.23. The molecule has 1 N–H and O–H groups in total. The fraction of sp³-hybridized carbons (Fsp3) is 0.789. The highest BCUT2D eigenvalue weighted by Crippen LogP contribution is 2.21. The lowest BCUT2D eigenvalue weighted by atomic mass is 10.2. The van der Waals surface area contributed by atoms with Crippen LogP contribution in [-0.2, 0) is 19.1 Å². The summed E-state index contributed by atoms with van der Waals surface area (Å²) in [5.74, 6) is -0.0230. The van der Waals surface area contributed by atoms with E-state index in [1.54, 1.807) is 7.05 Å². The van der Waals surface area contributed by atoms with E-state index >= 15 is 0 Å².